The monoisotopic (exact) mass is 425 g/mol. The third kappa shape index (κ3) is 8.75. The van der Waals surface area contributed by atoms with Crippen molar-refractivity contribution in [2.75, 3.05) is 21.1 Å². The zero-order valence-corrected chi connectivity index (χ0v) is 21.3. The van der Waals surface area contributed by atoms with Gasteiger partial charge in [0.15, 0.2) is 5.78 Å². The van der Waals surface area contributed by atoms with Crippen molar-refractivity contribution in [2.24, 2.45) is 23.7 Å². The number of Topliss-reactive ketones (excluding diaryl/α,β-unsaturated/α-hetero) is 1. The molecule has 0 spiro atoms. The first kappa shape index (κ1) is 28.6. The summed E-state index contributed by atoms with van der Waals surface area (Å²) in [6.45, 7) is 16.1. The average Bonchev–Trinajstić information content (AvgIpc) is 2.64. The van der Waals surface area contributed by atoms with Crippen molar-refractivity contribution >= 4 is 17.6 Å². The Hall–Kier alpha value is -1.43. The summed E-state index contributed by atoms with van der Waals surface area (Å²) < 4.78 is 0. The Kier molecular flexibility index (Phi) is 12.5. The molecule has 6 nitrogen and oxygen atoms in total. The molecule has 0 radical (unpaired) electrons. The molecule has 0 bridgehead atoms. The second kappa shape index (κ2) is 13.1. The minimum absolute atomic E-state index is 0.0795. The van der Waals surface area contributed by atoms with E-state index in [1.165, 1.54) is 0 Å². The van der Waals surface area contributed by atoms with Crippen molar-refractivity contribution in [1.82, 2.24) is 15.1 Å². The first-order valence-electron chi connectivity index (χ1n) is 11.5. The van der Waals surface area contributed by atoms with Gasteiger partial charge in [-0.2, -0.15) is 0 Å². The van der Waals surface area contributed by atoms with Crippen molar-refractivity contribution in [2.45, 2.75) is 92.8 Å². The normalized spacial score (nSPS) is 16.0. The van der Waals surface area contributed by atoms with Crippen LogP contribution in [0.2, 0.25) is 0 Å². The van der Waals surface area contributed by atoms with Gasteiger partial charge in [0.1, 0.15) is 6.04 Å². The smallest absolute Gasteiger partial charge is 0.245 e. The summed E-state index contributed by atoms with van der Waals surface area (Å²) in [5, 5.41) is 2.99. The topological polar surface area (TPSA) is 69.7 Å². The predicted octanol–water partition coefficient (Wildman–Crippen LogP) is 3.59. The Bertz CT molecular complexity index is 558. The average molecular weight is 426 g/mol. The van der Waals surface area contributed by atoms with Gasteiger partial charge in [-0.1, -0.05) is 55.4 Å². The van der Waals surface area contributed by atoms with E-state index in [-0.39, 0.29) is 41.4 Å². The lowest BCUT2D eigenvalue weighted by atomic mass is 9.90. The Morgan fingerprint density at radius 3 is 1.63 bits per heavy atom. The minimum Gasteiger partial charge on any atom is -0.343 e. The summed E-state index contributed by atoms with van der Waals surface area (Å²) in [6, 6.07) is -1.42. The van der Waals surface area contributed by atoms with Crippen molar-refractivity contribution < 1.29 is 14.4 Å². The van der Waals surface area contributed by atoms with Gasteiger partial charge < -0.3 is 10.2 Å². The standard InChI is InChI=1S/C24H47N3O3/c1-12-18(8)22(28)19(13-15(2)3)27(11)24(30)21(17(6)7)25-23(29)20(26(9)10)14-16(4)5/h15-21H,12-14H2,1-11H3,(H,25,29)/t18?,19-,20-,21-/m0/s1. The van der Waals surface area contributed by atoms with Crippen molar-refractivity contribution in [3.8, 4) is 0 Å². The molecule has 0 saturated carbocycles. The van der Waals surface area contributed by atoms with Crippen LogP contribution in [-0.4, -0.2) is 66.7 Å². The molecule has 0 aliphatic rings. The molecule has 0 aromatic rings. The molecular weight excluding hydrogens is 378 g/mol. The maximum Gasteiger partial charge on any atom is 0.245 e. The molecule has 0 aliphatic heterocycles. The molecule has 0 aromatic heterocycles. The molecule has 30 heavy (non-hydrogen) atoms. The lowest BCUT2D eigenvalue weighted by molar-refractivity contribution is -0.144. The molecule has 0 saturated heterocycles. The molecule has 176 valence electrons. The maximum absolute atomic E-state index is 13.4. The van der Waals surface area contributed by atoms with E-state index in [0.717, 1.165) is 12.8 Å². The van der Waals surface area contributed by atoms with Crippen LogP contribution in [0.5, 0.6) is 0 Å². The highest BCUT2D eigenvalue weighted by Crippen LogP contribution is 2.20. The van der Waals surface area contributed by atoms with Gasteiger partial charge in [0.25, 0.3) is 0 Å². The van der Waals surface area contributed by atoms with Gasteiger partial charge in [0, 0.05) is 13.0 Å². The summed E-state index contributed by atoms with van der Waals surface area (Å²) in [7, 11) is 5.47. The number of hydrogen-bond acceptors (Lipinski definition) is 4. The molecule has 0 aromatic carbocycles. The Labute approximate surface area is 185 Å². The van der Waals surface area contributed by atoms with Gasteiger partial charge in [-0.25, -0.2) is 0 Å². The molecule has 4 atom stereocenters. The number of ketones is 1. The van der Waals surface area contributed by atoms with Crippen LogP contribution >= 0.6 is 0 Å². The van der Waals surface area contributed by atoms with E-state index in [0.29, 0.717) is 12.3 Å². The number of nitrogens with zero attached hydrogens (tertiary/aromatic N) is 2. The van der Waals surface area contributed by atoms with E-state index in [9.17, 15) is 14.4 Å². The second-order valence-electron chi connectivity index (χ2n) is 10.1. The van der Waals surface area contributed by atoms with Gasteiger partial charge in [-0.15, -0.1) is 0 Å². The fourth-order valence-electron chi connectivity index (χ4n) is 3.58. The Balaban J connectivity index is 5.66. The van der Waals surface area contributed by atoms with E-state index in [1.807, 2.05) is 46.7 Å². The first-order chi connectivity index (χ1) is 13.7. The summed E-state index contributed by atoms with van der Waals surface area (Å²) >= 11 is 0. The molecule has 2 amide bonds. The van der Waals surface area contributed by atoms with E-state index < -0.39 is 12.1 Å². The Morgan fingerprint density at radius 1 is 0.800 bits per heavy atom. The molecular formula is C24H47N3O3. The Morgan fingerprint density at radius 2 is 1.27 bits per heavy atom. The van der Waals surface area contributed by atoms with Gasteiger partial charge in [0.2, 0.25) is 11.8 Å². The largest absolute Gasteiger partial charge is 0.343 e. The number of rotatable bonds is 13. The summed E-state index contributed by atoms with van der Waals surface area (Å²) in [5.74, 6) is 0.244. The van der Waals surface area contributed by atoms with Crippen LogP contribution in [-0.2, 0) is 14.4 Å². The summed E-state index contributed by atoms with van der Waals surface area (Å²) in [4.78, 5) is 42.9. The molecule has 1 N–H and O–H groups in total. The van der Waals surface area contributed by atoms with Crippen molar-refractivity contribution in [3.63, 3.8) is 0 Å². The highest BCUT2D eigenvalue weighted by atomic mass is 16.2. The van der Waals surface area contributed by atoms with Gasteiger partial charge in [-0.05, 0) is 51.1 Å². The van der Waals surface area contributed by atoms with Gasteiger partial charge >= 0.3 is 0 Å². The fourth-order valence-corrected chi connectivity index (χ4v) is 3.58. The molecule has 1 unspecified atom stereocenters. The number of carbonyl (C=O) groups is 3. The lowest BCUT2D eigenvalue weighted by Gasteiger charge is -2.35. The number of nitrogens with one attached hydrogen (secondary N) is 1. The molecule has 0 rings (SSSR count). The number of carbonyl (C=O) groups excluding carboxylic acids is 3. The van der Waals surface area contributed by atoms with E-state index in [2.05, 4.69) is 33.0 Å². The zero-order valence-electron chi connectivity index (χ0n) is 21.3. The maximum atomic E-state index is 13.4. The predicted molar refractivity (Wildman–Crippen MR) is 124 cm³/mol. The molecule has 0 fully saturated rings. The van der Waals surface area contributed by atoms with Crippen LogP contribution in [0.4, 0.5) is 0 Å². The van der Waals surface area contributed by atoms with Crippen LogP contribution in [0.1, 0.15) is 74.7 Å². The fraction of sp³-hybridized carbons (Fsp3) is 0.875. The SMILES string of the molecule is CCC(C)C(=O)[C@H](CC(C)C)N(C)C(=O)[C@@H](NC(=O)[C@H](CC(C)C)N(C)C)C(C)C. The van der Waals surface area contributed by atoms with Crippen molar-refractivity contribution in [3.05, 3.63) is 0 Å². The van der Waals surface area contributed by atoms with Crippen LogP contribution in [0.15, 0.2) is 0 Å². The van der Waals surface area contributed by atoms with Crippen LogP contribution in [0.3, 0.4) is 0 Å². The molecule has 0 aliphatic carbocycles. The number of amides is 2. The minimum atomic E-state index is -0.656. The van der Waals surface area contributed by atoms with Gasteiger partial charge in [0.05, 0.1) is 12.1 Å². The zero-order chi connectivity index (χ0) is 23.8. The number of likely N-dealkylation sites (N-methyl/N-ethyl adjacent to an activating group) is 2. The van der Waals surface area contributed by atoms with Crippen LogP contribution in [0, 0.1) is 23.7 Å². The quantitative estimate of drug-likeness (QED) is 0.489. The first-order valence-corrected chi connectivity index (χ1v) is 11.5. The summed E-state index contributed by atoms with van der Waals surface area (Å²) in [5.41, 5.74) is 0. The highest BCUT2D eigenvalue weighted by molar-refractivity contribution is 5.94. The van der Waals surface area contributed by atoms with E-state index in [1.54, 1.807) is 11.9 Å². The van der Waals surface area contributed by atoms with Crippen LogP contribution in [0.25, 0.3) is 0 Å². The van der Waals surface area contributed by atoms with E-state index in [4.69, 9.17) is 0 Å². The number of hydrogen-bond donors (Lipinski definition) is 1. The molecule has 6 heteroatoms. The second-order valence-corrected chi connectivity index (χ2v) is 10.1. The van der Waals surface area contributed by atoms with Crippen LogP contribution < -0.4 is 5.32 Å². The summed E-state index contributed by atoms with van der Waals surface area (Å²) in [6.07, 6.45) is 2.09. The lowest BCUT2D eigenvalue weighted by Crippen LogP contribution is -2.57. The van der Waals surface area contributed by atoms with Crippen molar-refractivity contribution in [1.29, 1.82) is 0 Å². The third-order valence-electron chi connectivity index (χ3n) is 5.79. The van der Waals surface area contributed by atoms with Gasteiger partial charge in [-0.3, -0.25) is 19.3 Å². The molecule has 0 heterocycles. The third-order valence-corrected chi connectivity index (χ3v) is 5.79. The van der Waals surface area contributed by atoms with E-state index >= 15 is 0 Å². The highest BCUT2D eigenvalue weighted by Gasteiger charge is 2.36.